The van der Waals surface area contributed by atoms with E-state index in [1.54, 1.807) is 6.92 Å². The fraction of sp³-hybridized carbons (Fsp3) is 0.455. The van der Waals surface area contributed by atoms with Crippen molar-refractivity contribution >= 4 is 0 Å². The molecule has 0 aromatic heterocycles. The van der Waals surface area contributed by atoms with Crippen molar-refractivity contribution in [3.05, 3.63) is 29.6 Å². The first-order chi connectivity index (χ1) is 7.54. The minimum absolute atomic E-state index is 0.126. The van der Waals surface area contributed by atoms with Crippen LogP contribution in [-0.2, 0) is 0 Å². The Morgan fingerprint density at radius 2 is 2.12 bits per heavy atom. The molecule has 0 aliphatic heterocycles. The Hall–Kier alpha value is -1.17. The second-order valence-corrected chi connectivity index (χ2v) is 3.67. The molecule has 16 heavy (non-hydrogen) atoms. The minimum Gasteiger partial charge on any atom is -0.508 e. The number of phenolic OH excluding ortho intramolecular Hbond substituents is 1. The highest BCUT2D eigenvalue weighted by atomic mass is 19.1. The summed E-state index contributed by atoms with van der Waals surface area (Å²) in [6.45, 7) is 1.65. The van der Waals surface area contributed by atoms with Crippen molar-refractivity contribution in [1.82, 2.24) is 5.32 Å². The summed E-state index contributed by atoms with van der Waals surface area (Å²) in [6.07, 6.45) is -0.843. The largest absolute Gasteiger partial charge is 0.508 e. The molecule has 0 saturated heterocycles. The van der Waals surface area contributed by atoms with Gasteiger partial charge in [0.2, 0.25) is 0 Å². The van der Waals surface area contributed by atoms with Crippen molar-refractivity contribution in [3.63, 3.8) is 0 Å². The average molecular weight is 229 g/mol. The van der Waals surface area contributed by atoms with Crippen LogP contribution in [0, 0.1) is 5.82 Å². The Balaban J connectivity index is 2.62. The molecule has 1 rings (SSSR count). The third kappa shape index (κ3) is 3.44. The molecule has 4 N–H and O–H groups in total. The van der Waals surface area contributed by atoms with Gasteiger partial charge in [-0.2, -0.15) is 0 Å². The molecular formula is C11H16FNO3. The first-order valence-electron chi connectivity index (χ1n) is 5.05. The molecule has 5 heteroatoms. The van der Waals surface area contributed by atoms with E-state index in [1.807, 2.05) is 0 Å². The molecule has 0 spiro atoms. The van der Waals surface area contributed by atoms with Crippen LogP contribution in [0.25, 0.3) is 0 Å². The standard InChI is InChI=1S/C11H16FNO3/c1-7(13-5-9(15)6-14)10-3-2-8(12)4-11(10)16/h2-4,7,9,13-16H,5-6H2,1H3. The number of rotatable bonds is 5. The molecule has 2 unspecified atom stereocenters. The zero-order chi connectivity index (χ0) is 12.1. The van der Waals surface area contributed by atoms with E-state index < -0.39 is 11.9 Å². The van der Waals surface area contributed by atoms with E-state index in [2.05, 4.69) is 5.32 Å². The first-order valence-corrected chi connectivity index (χ1v) is 5.05. The summed E-state index contributed by atoms with van der Waals surface area (Å²) in [6, 6.07) is 3.54. The van der Waals surface area contributed by atoms with E-state index in [1.165, 1.54) is 12.1 Å². The first kappa shape index (κ1) is 12.9. The predicted molar refractivity (Wildman–Crippen MR) is 57.6 cm³/mol. The van der Waals surface area contributed by atoms with Crippen LogP contribution in [0.1, 0.15) is 18.5 Å². The third-order valence-corrected chi connectivity index (χ3v) is 2.33. The molecule has 0 heterocycles. The maximum absolute atomic E-state index is 12.7. The number of hydrogen-bond donors (Lipinski definition) is 4. The van der Waals surface area contributed by atoms with Crippen LogP contribution in [0.4, 0.5) is 4.39 Å². The van der Waals surface area contributed by atoms with Crippen LogP contribution in [-0.4, -0.2) is 34.6 Å². The molecule has 2 atom stereocenters. The van der Waals surface area contributed by atoms with Crippen LogP contribution < -0.4 is 5.32 Å². The van der Waals surface area contributed by atoms with Crippen LogP contribution in [0.15, 0.2) is 18.2 Å². The monoisotopic (exact) mass is 229 g/mol. The minimum atomic E-state index is -0.843. The zero-order valence-electron chi connectivity index (χ0n) is 9.02. The molecule has 0 saturated carbocycles. The Labute approximate surface area is 93.4 Å². The van der Waals surface area contributed by atoms with Crippen molar-refractivity contribution in [3.8, 4) is 5.75 Å². The van der Waals surface area contributed by atoms with Crippen LogP contribution >= 0.6 is 0 Å². The SMILES string of the molecule is CC(NCC(O)CO)c1ccc(F)cc1O. The van der Waals surface area contributed by atoms with Gasteiger partial charge in [-0.15, -0.1) is 0 Å². The number of hydrogen-bond acceptors (Lipinski definition) is 4. The topological polar surface area (TPSA) is 72.7 Å². The number of halogens is 1. The fourth-order valence-corrected chi connectivity index (χ4v) is 1.37. The van der Waals surface area contributed by atoms with E-state index >= 15 is 0 Å². The van der Waals surface area contributed by atoms with E-state index in [0.717, 1.165) is 6.07 Å². The molecule has 0 fully saturated rings. The summed E-state index contributed by atoms with van der Waals surface area (Å²) in [7, 11) is 0. The van der Waals surface area contributed by atoms with Gasteiger partial charge in [0, 0.05) is 24.2 Å². The number of aliphatic hydroxyl groups excluding tert-OH is 2. The number of nitrogens with one attached hydrogen (secondary N) is 1. The number of phenols is 1. The predicted octanol–water partition coefficient (Wildman–Crippen LogP) is 0.535. The lowest BCUT2D eigenvalue weighted by atomic mass is 10.1. The van der Waals surface area contributed by atoms with E-state index in [-0.39, 0.29) is 24.9 Å². The number of aromatic hydroxyl groups is 1. The van der Waals surface area contributed by atoms with Gasteiger partial charge in [-0.25, -0.2) is 4.39 Å². The summed E-state index contributed by atoms with van der Waals surface area (Å²) in [5, 5.41) is 30.2. The Bertz CT molecular complexity index is 346. The summed E-state index contributed by atoms with van der Waals surface area (Å²) in [5.74, 6) is -0.623. The molecule has 0 radical (unpaired) electrons. The summed E-state index contributed by atoms with van der Waals surface area (Å²) < 4.78 is 12.7. The molecule has 0 aliphatic carbocycles. The van der Waals surface area contributed by atoms with Gasteiger partial charge < -0.3 is 20.6 Å². The summed E-state index contributed by atoms with van der Waals surface area (Å²) in [4.78, 5) is 0. The van der Waals surface area contributed by atoms with Gasteiger partial charge in [-0.3, -0.25) is 0 Å². The highest BCUT2D eigenvalue weighted by molar-refractivity contribution is 5.34. The van der Waals surface area contributed by atoms with Crippen molar-refractivity contribution in [2.75, 3.05) is 13.2 Å². The van der Waals surface area contributed by atoms with Crippen molar-refractivity contribution in [2.45, 2.75) is 19.1 Å². The molecular weight excluding hydrogens is 213 g/mol. The maximum Gasteiger partial charge on any atom is 0.126 e. The Morgan fingerprint density at radius 1 is 1.44 bits per heavy atom. The molecule has 1 aromatic carbocycles. The van der Waals surface area contributed by atoms with Crippen LogP contribution in [0.3, 0.4) is 0 Å². The molecule has 0 aliphatic rings. The molecule has 0 amide bonds. The molecule has 0 bridgehead atoms. The fourth-order valence-electron chi connectivity index (χ4n) is 1.37. The van der Waals surface area contributed by atoms with E-state index in [4.69, 9.17) is 10.2 Å². The lowest BCUT2D eigenvalue weighted by molar-refractivity contribution is 0.0923. The van der Waals surface area contributed by atoms with Gasteiger partial charge in [-0.05, 0) is 13.0 Å². The van der Waals surface area contributed by atoms with Gasteiger partial charge in [0.1, 0.15) is 11.6 Å². The average Bonchev–Trinajstić information content (AvgIpc) is 2.25. The van der Waals surface area contributed by atoms with Crippen molar-refractivity contribution in [1.29, 1.82) is 0 Å². The maximum atomic E-state index is 12.7. The number of aliphatic hydroxyl groups is 2. The van der Waals surface area contributed by atoms with Gasteiger partial charge in [0.25, 0.3) is 0 Å². The van der Waals surface area contributed by atoms with Gasteiger partial charge in [-0.1, -0.05) is 6.07 Å². The van der Waals surface area contributed by atoms with Gasteiger partial charge >= 0.3 is 0 Å². The molecule has 90 valence electrons. The molecule has 1 aromatic rings. The smallest absolute Gasteiger partial charge is 0.126 e. The highest BCUT2D eigenvalue weighted by Crippen LogP contribution is 2.24. The Kier molecular flexibility index (Phi) is 4.67. The number of benzene rings is 1. The third-order valence-electron chi connectivity index (χ3n) is 2.33. The van der Waals surface area contributed by atoms with Crippen molar-refractivity contribution < 1.29 is 19.7 Å². The highest BCUT2D eigenvalue weighted by Gasteiger charge is 2.12. The second-order valence-electron chi connectivity index (χ2n) is 3.67. The Morgan fingerprint density at radius 3 is 2.69 bits per heavy atom. The van der Waals surface area contributed by atoms with E-state index in [0.29, 0.717) is 5.56 Å². The van der Waals surface area contributed by atoms with Crippen LogP contribution in [0.5, 0.6) is 5.75 Å². The van der Waals surface area contributed by atoms with Gasteiger partial charge in [0.15, 0.2) is 0 Å². The molecule has 4 nitrogen and oxygen atoms in total. The van der Waals surface area contributed by atoms with Crippen molar-refractivity contribution in [2.24, 2.45) is 0 Å². The van der Waals surface area contributed by atoms with E-state index in [9.17, 15) is 9.50 Å². The lowest BCUT2D eigenvalue weighted by Gasteiger charge is -2.17. The zero-order valence-corrected chi connectivity index (χ0v) is 9.02. The van der Waals surface area contributed by atoms with Crippen LogP contribution in [0.2, 0.25) is 0 Å². The normalized spacial score (nSPS) is 14.8. The second kappa shape index (κ2) is 5.79. The lowest BCUT2D eigenvalue weighted by Crippen LogP contribution is -2.31. The summed E-state index contributed by atoms with van der Waals surface area (Å²) >= 11 is 0. The summed E-state index contributed by atoms with van der Waals surface area (Å²) in [5.41, 5.74) is 0.548. The van der Waals surface area contributed by atoms with Gasteiger partial charge in [0.05, 0.1) is 12.7 Å². The quantitative estimate of drug-likeness (QED) is 0.594.